The first-order valence-corrected chi connectivity index (χ1v) is 9.25. The normalized spacial score (nSPS) is 10.6. The maximum absolute atomic E-state index is 12.4. The van der Waals surface area contributed by atoms with Crippen molar-refractivity contribution in [2.75, 3.05) is 20.0 Å². The Hall–Kier alpha value is -3.80. The Morgan fingerprint density at radius 3 is 2.53 bits per heavy atom. The van der Waals surface area contributed by atoms with E-state index in [0.29, 0.717) is 10.9 Å². The van der Waals surface area contributed by atoms with Gasteiger partial charge in [0.15, 0.2) is 0 Å². The Morgan fingerprint density at radius 1 is 1.13 bits per heavy atom. The predicted octanol–water partition coefficient (Wildman–Crippen LogP) is 0.752. The van der Waals surface area contributed by atoms with Crippen LogP contribution in [0.15, 0.2) is 29.1 Å². The van der Waals surface area contributed by atoms with Gasteiger partial charge in [-0.2, -0.15) is 4.68 Å². The third-order valence-electron chi connectivity index (χ3n) is 4.08. The number of hydrogen-bond donors (Lipinski definition) is 1. The zero-order valence-corrected chi connectivity index (χ0v) is 16.7. The lowest BCUT2D eigenvalue weighted by molar-refractivity contribution is -0.146. The van der Waals surface area contributed by atoms with Gasteiger partial charge in [0.25, 0.3) is 5.56 Å². The second kappa shape index (κ2) is 8.69. The fourth-order valence-corrected chi connectivity index (χ4v) is 3.63. The first-order chi connectivity index (χ1) is 14.4. The number of esters is 3. The van der Waals surface area contributed by atoms with E-state index in [4.69, 9.17) is 10.5 Å². The Labute approximate surface area is 172 Å². The van der Waals surface area contributed by atoms with E-state index in [-0.39, 0.29) is 21.0 Å². The van der Waals surface area contributed by atoms with E-state index in [2.05, 4.69) is 19.8 Å². The molecule has 30 heavy (non-hydrogen) atoms. The summed E-state index contributed by atoms with van der Waals surface area (Å²) >= 11 is 0.810. The van der Waals surface area contributed by atoms with Gasteiger partial charge in [-0.05, 0) is 12.1 Å². The largest absolute Gasteiger partial charge is 0.465 e. The van der Waals surface area contributed by atoms with Gasteiger partial charge in [0.05, 0.1) is 19.6 Å². The highest BCUT2D eigenvalue weighted by molar-refractivity contribution is 7.18. The first-order valence-electron chi connectivity index (χ1n) is 8.43. The van der Waals surface area contributed by atoms with E-state index in [1.54, 1.807) is 24.3 Å². The number of thiophene rings is 1. The molecule has 0 saturated heterocycles. The van der Waals surface area contributed by atoms with Crippen molar-refractivity contribution in [3.8, 4) is 0 Å². The lowest BCUT2D eigenvalue weighted by Gasteiger charge is -2.08. The molecule has 0 radical (unpaired) electrons. The number of ether oxygens (including phenoxy) is 3. The smallest absolute Gasteiger partial charge is 0.348 e. The summed E-state index contributed by atoms with van der Waals surface area (Å²) in [6.07, 6.45) is 0. The second-order valence-electron chi connectivity index (χ2n) is 5.86. The lowest BCUT2D eigenvalue weighted by atomic mass is 10.1. The van der Waals surface area contributed by atoms with Gasteiger partial charge in [0.2, 0.25) is 0 Å². The number of anilines is 1. The molecule has 12 heteroatoms. The molecule has 0 aliphatic heterocycles. The number of carbonyl (C=O) groups excluding carboxylic acids is 3. The highest BCUT2D eigenvalue weighted by Crippen LogP contribution is 2.33. The summed E-state index contributed by atoms with van der Waals surface area (Å²) in [5.41, 5.74) is 5.68. The van der Waals surface area contributed by atoms with Crippen LogP contribution in [0.4, 0.5) is 5.00 Å². The standard InChI is InChI=1S/C18H16N4O7S/c1-27-17(25)13-10(14(18(26)28-2)30-15(13)19)8-29-12(23)7-22-16(24)9-5-3-4-6-11(9)20-21-22/h3-6H,7-8,19H2,1-2H3. The summed E-state index contributed by atoms with van der Waals surface area (Å²) < 4.78 is 15.4. The quantitative estimate of drug-likeness (QED) is 0.436. The van der Waals surface area contributed by atoms with Gasteiger partial charge >= 0.3 is 17.9 Å². The third kappa shape index (κ3) is 3.98. The lowest BCUT2D eigenvalue weighted by Crippen LogP contribution is -2.28. The minimum absolute atomic E-state index is 0.00543. The average molecular weight is 432 g/mol. The number of hydrogen-bond acceptors (Lipinski definition) is 11. The minimum Gasteiger partial charge on any atom is -0.465 e. The van der Waals surface area contributed by atoms with Crippen molar-refractivity contribution in [3.63, 3.8) is 0 Å². The van der Waals surface area contributed by atoms with Crippen LogP contribution in [0, 0.1) is 0 Å². The van der Waals surface area contributed by atoms with Crippen LogP contribution in [0.5, 0.6) is 0 Å². The molecule has 0 aliphatic carbocycles. The number of rotatable bonds is 6. The topological polar surface area (TPSA) is 153 Å². The van der Waals surface area contributed by atoms with Crippen molar-refractivity contribution >= 4 is 45.1 Å². The summed E-state index contributed by atoms with van der Waals surface area (Å²) in [6, 6.07) is 6.56. The van der Waals surface area contributed by atoms with E-state index in [9.17, 15) is 19.2 Å². The summed E-state index contributed by atoms with van der Waals surface area (Å²) in [5, 5.41) is 7.91. The number of methoxy groups -OCH3 is 2. The predicted molar refractivity (Wildman–Crippen MR) is 105 cm³/mol. The molecule has 0 spiro atoms. The van der Waals surface area contributed by atoms with Crippen LogP contribution in [-0.2, 0) is 32.2 Å². The van der Waals surface area contributed by atoms with Gasteiger partial charge in [-0.15, -0.1) is 16.4 Å². The number of nitrogens with two attached hydrogens (primary N) is 1. The Kier molecular flexibility index (Phi) is 6.06. The molecular formula is C18H16N4O7S. The first kappa shape index (κ1) is 20.9. The number of carbonyl (C=O) groups is 3. The zero-order chi connectivity index (χ0) is 21.8. The molecule has 3 rings (SSSR count). The maximum atomic E-state index is 12.4. The fraction of sp³-hybridized carbons (Fsp3) is 0.222. The highest BCUT2D eigenvalue weighted by atomic mass is 32.1. The molecule has 0 atom stereocenters. The molecule has 2 heterocycles. The molecule has 2 N–H and O–H groups in total. The van der Waals surface area contributed by atoms with Crippen LogP contribution < -0.4 is 11.3 Å². The van der Waals surface area contributed by atoms with E-state index >= 15 is 0 Å². The maximum Gasteiger partial charge on any atom is 0.348 e. The van der Waals surface area contributed by atoms with Crippen molar-refractivity contribution in [1.29, 1.82) is 0 Å². The number of nitrogen functional groups attached to an aromatic ring is 1. The number of benzene rings is 1. The molecule has 0 bridgehead atoms. The van der Waals surface area contributed by atoms with Crippen LogP contribution in [0.3, 0.4) is 0 Å². The van der Waals surface area contributed by atoms with Gasteiger partial charge in [0, 0.05) is 5.56 Å². The highest BCUT2D eigenvalue weighted by Gasteiger charge is 2.28. The van der Waals surface area contributed by atoms with Gasteiger partial charge in [0.1, 0.15) is 34.1 Å². The number of fused-ring (bicyclic) bond motifs is 1. The van der Waals surface area contributed by atoms with E-state index in [1.807, 2.05) is 0 Å². The molecule has 0 amide bonds. The van der Waals surface area contributed by atoms with Crippen molar-refractivity contribution in [2.45, 2.75) is 13.2 Å². The molecule has 0 saturated carbocycles. The van der Waals surface area contributed by atoms with Crippen LogP contribution in [0.2, 0.25) is 0 Å². The molecule has 11 nitrogen and oxygen atoms in total. The van der Waals surface area contributed by atoms with Gasteiger partial charge in [-0.1, -0.05) is 17.3 Å². The minimum atomic E-state index is -0.835. The van der Waals surface area contributed by atoms with Crippen molar-refractivity contribution in [3.05, 3.63) is 50.6 Å². The average Bonchev–Trinajstić information content (AvgIpc) is 3.09. The monoisotopic (exact) mass is 432 g/mol. The van der Waals surface area contributed by atoms with Gasteiger partial charge < -0.3 is 19.9 Å². The van der Waals surface area contributed by atoms with Crippen LogP contribution in [-0.4, -0.2) is 47.1 Å². The van der Waals surface area contributed by atoms with Crippen LogP contribution in [0.25, 0.3) is 10.9 Å². The number of nitrogens with zero attached hydrogens (tertiary/aromatic N) is 3. The molecule has 0 fully saturated rings. The number of aromatic nitrogens is 3. The molecule has 2 aromatic heterocycles. The third-order valence-corrected chi connectivity index (χ3v) is 5.12. The van der Waals surface area contributed by atoms with Crippen LogP contribution in [0.1, 0.15) is 25.6 Å². The summed E-state index contributed by atoms with van der Waals surface area (Å²) in [7, 11) is 2.31. The van der Waals surface area contributed by atoms with Crippen molar-refractivity contribution in [2.24, 2.45) is 0 Å². The molecule has 156 valence electrons. The van der Waals surface area contributed by atoms with Crippen LogP contribution >= 0.6 is 11.3 Å². The zero-order valence-electron chi connectivity index (χ0n) is 15.9. The Morgan fingerprint density at radius 2 is 1.83 bits per heavy atom. The van der Waals surface area contributed by atoms with Gasteiger partial charge in [-0.25, -0.2) is 9.59 Å². The van der Waals surface area contributed by atoms with E-state index in [1.165, 1.54) is 0 Å². The molecule has 0 aliphatic rings. The van der Waals surface area contributed by atoms with Gasteiger partial charge in [-0.3, -0.25) is 9.59 Å². The molecule has 3 aromatic rings. The molecular weight excluding hydrogens is 416 g/mol. The molecule has 0 unspecified atom stereocenters. The molecule has 1 aromatic carbocycles. The van der Waals surface area contributed by atoms with Crippen molar-refractivity contribution < 1.29 is 28.6 Å². The van der Waals surface area contributed by atoms with Crippen molar-refractivity contribution in [1.82, 2.24) is 15.0 Å². The SMILES string of the molecule is COC(=O)c1sc(N)c(C(=O)OC)c1COC(=O)Cn1nnc2ccccc2c1=O. The fourth-order valence-electron chi connectivity index (χ4n) is 2.65. The Bertz CT molecular complexity index is 1200. The Balaban J connectivity index is 1.82. The van der Waals surface area contributed by atoms with E-state index in [0.717, 1.165) is 30.2 Å². The van der Waals surface area contributed by atoms with E-state index < -0.39 is 36.6 Å². The summed E-state index contributed by atoms with van der Waals surface area (Å²) in [4.78, 5) is 48.7. The summed E-state index contributed by atoms with van der Waals surface area (Å²) in [6.45, 7) is -0.978. The summed E-state index contributed by atoms with van der Waals surface area (Å²) in [5.74, 6) is -2.37. The second-order valence-corrected chi connectivity index (χ2v) is 6.91.